The summed E-state index contributed by atoms with van der Waals surface area (Å²) < 4.78 is 1.41. The highest BCUT2D eigenvalue weighted by Gasteiger charge is 2.12. The van der Waals surface area contributed by atoms with Gasteiger partial charge in [0.05, 0.1) is 12.2 Å². The predicted octanol–water partition coefficient (Wildman–Crippen LogP) is 0.656. The van der Waals surface area contributed by atoms with E-state index in [1.54, 1.807) is 19.3 Å². The Kier molecular flexibility index (Phi) is 3.23. The van der Waals surface area contributed by atoms with Gasteiger partial charge in [0.25, 0.3) is 11.5 Å². The van der Waals surface area contributed by atoms with Gasteiger partial charge in [0, 0.05) is 24.2 Å². The van der Waals surface area contributed by atoms with E-state index in [-0.39, 0.29) is 17.2 Å². The monoisotopic (exact) mass is 283 g/mol. The molecule has 7 heteroatoms. The van der Waals surface area contributed by atoms with Crippen molar-refractivity contribution in [3.05, 3.63) is 64.1 Å². The molecule has 0 unspecified atom stereocenters. The van der Waals surface area contributed by atoms with E-state index >= 15 is 0 Å². The van der Waals surface area contributed by atoms with E-state index in [1.807, 2.05) is 18.2 Å². The molecule has 0 fully saturated rings. The molecule has 3 aromatic rings. The highest BCUT2D eigenvalue weighted by atomic mass is 16.2. The summed E-state index contributed by atoms with van der Waals surface area (Å²) in [6.07, 6.45) is 3.32. The van der Waals surface area contributed by atoms with Crippen LogP contribution in [0.2, 0.25) is 0 Å². The van der Waals surface area contributed by atoms with Crippen molar-refractivity contribution in [3.8, 4) is 0 Å². The first kappa shape index (κ1) is 13.0. The van der Waals surface area contributed by atoms with Crippen molar-refractivity contribution in [3.63, 3.8) is 0 Å². The van der Waals surface area contributed by atoms with Crippen molar-refractivity contribution in [1.29, 1.82) is 0 Å². The number of aryl methyl sites for hydroxylation is 1. The molecule has 2 N–H and O–H groups in total. The van der Waals surface area contributed by atoms with Crippen LogP contribution in [0, 0.1) is 6.92 Å². The average molecular weight is 283 g/mol. The number of aromatic amines is 1. The molecule has 0 aromatic carbocycles. The number of nitrogens with one attached hydrogen (secondary N) is 2. The second-order valence-corrected chi connectivity index (χ2v) is 4.63. The van der Waals surface area contributed by atoms with Crippen LogP contribution in [0.5, 0.6) is 0 Å². The van der Waals surface area contributed by atoms with Crippen LogP contribution >= 0.6 is 0 Å². The SMILES string of the molecule is Cc1cn2nc(C(=O)NCc3ccccn3)cc2c(=O)[nH]1. The minimum Gasteiger partial charge on any atom is -0.345 e. The normalized spacial score (nSPS) is 10.7. The highest BCUT2D eigenvalue weighted by molar-refractivity contribution is 5.93. The summed E-state index contributed by atoms with van der Waals surface area (Å²) in [5.74, 6) is -0.346. The van der Waals surface area contributed by atoms with E-state index in [1.165, 1.54) is 10.6 Å². The van der Waals surface area contributed by atoms with E-state index in [9.17, 15) is 9.59 Å². The maximum absolute atomic E-state index is 12.1. The van der Waals surface area contributed by atoms with Gasteiger partial charge in [-0.3, -0.25) is 14.6 Å². The van der Waals surface area contributed by atoms with Crippen LogP contribution in [-0.2, 0) is 6.54 Å². The molecule has 1 amide bonds. The van der Waals surface area contributed by atoms with Crippen LogP contribution in [0.3, 0.4) is 0 Å². The van der Waals surface area contributed by atoms with Crippen LogP contribution < -0.4 is 10.9 Å². The molecule has 0 aliphatic rings. The number of fused-ring (bicyclic) bond motifs is 1. The molecule has 0 aliphatic carbocycles. The lowest BCUT2D eigenvalue weighted by Gasteiger charge is -2.01. The number of nitrogens with zero attached hydrogens (tertiary/aromatic N) is 3. The second-order valence-electron chi connectivity index (χ2n) is 4.63. The fourth-order valence-electron chi connectivity index (χ4n) is 2.00. The van der Waals surface area contributed by atoms with E-state index in [0.29, 0.717) is 17.8 Å². The Labute approximate surface area is 119 Å². The highest BCUT2D eigenvalue weighted by Crippen LogP contribution is 2.03. The maximum atomic E-state index is 12.1. The van der Waals surface area contributed by atoms with Crippen LogP contribution in [-0.4, -0.2) is 25.5 Å². The summed E-state index contributed by atoms with van der Waals surface area (Å²) in [5, 5.41) is 6.83. The van der Waals surface area contributed by atoms with Gasteiger partial charge in [0.2, 0.25) is 0 Å². The molecule has 0 spiro atoms. The number of hydrogen-bond acceptors (Lipinski definition) is 4. The molecule has 3 aromatic heterocycles. The van der Waals surface area contributed by atoms with Gasteiger partial charge in [-0.2, -0.15) is 5.10 Å². The largest absolute Gasteiger partial charge is 0.345 e. The van der Waals surface area contributed by atoms with Crippen LogP contribution in [0.25, 0.3) is 5.52 Å². The van der Waals surface area contributed by atoms with Gasteiger partial charge in [-0.25, -0.2) is 4.52 Å². The van der Waals surface area contributed by atoms with Crippen LogP contribution in [0.15, 0.2) is 41.5 Å². The molecule has 0 radical (unpaired) electrons. The van der Waals surface area contributed by atoms with Gasteiger partial charge in [0.15, 0.2) is 5.69 Å². The second kappa shape index (κ2) is 5.20. The van der Waals surface area contributed by atoms with Gasteiger partial charge in [-0.15, -0.1) is 0 Å². The lowest BCUT2D eigenvalue weighted by atomic mass is 10.3. The Morgan fingerprint density at radius 3 is 3.05 bits per heavy atom. The minimum atomic E-state index is -0.346. The van der Waals surface area contributed by atoms with Crippen LogP contribution in [0.4, 0.5) is 0 Å². The molecule has 21 heavy (non-hydrogen) atoms. The number of amides is 1. The number of pyridine rings is 1. The number of rotatable bonds is 3. The Morgan fingerprint density at radius 2 is 2.29 bits per heavy atom. The van der Waals surface area contributed by atoms with Gasteiger partial charge >= 0.3 is 0 Å². The first-order valence-corrected chi connectivity index (χ1v) is 6.41. The molecule has 7 nitrogen and oxygen atoms in total. The van der Waals surface area contributed by atoms with E-state index in [2.05, 4.69) is 20.4 Å². The first-order valence-electron chi connectivity index (χ1n) is 6.41. The summed E-state index contributed by atoms with van der Waals surface area (Å²) in [6, 6.07) is 6.94. The van der Waals surface area contributed by atoms with Gasteiger partial charge in [0.1, 0.15) is 5.52 Å². The number of aromatic nitrogens is 4. The molecule has 106 valence electrons. The van der Waals surface area contributed by atoms with Gasteiger partial charge in [-0.05, 0) is 19.1 Å². The van der Waals surface area contributed by atoms with Gasteiger partial charge in [-0.1, -0.05) is 6.07 Å². The Bertz CT molecular complexity index is 851. The Balaban J connectivity index is 1.82. The summed E-state index contributed by atoms with van der Waals surface area (Å²) in [5.41, 5.74) is 1.69. The zero-order chi connectivity index (χ0) is 14.8. The molecular formula is C14H13N5O2. The fourth-order valence-corrected chi connectivity index (χ4v) is 2.00. The molecule has 0 saturated carbocycles. The lowest BCUT2D eigenvalue weighted by molar-refractivity contribution is 0.0945. The van der Waals surface area contributed by atoms with Crippen molar-refractivity contribution in [2.24, 2.45) is 0 Å². The molecule has 0 aliphatic heterocycles. The smallest absolute Gasteiger partial charge is 0.274 e. The Hall–Kier alpha value is -2.96. The van der Waals surface area contributed by atoms with Crippen molar-refractivity contribution in [2.45, 2.75) is 13.5 Å². The minimum absolute atomic E-state index is 0.196. The number of carbonyl (C=O) groups excluding carboxylic acids is 1. The van der Waals surface area contributed by atoms with Crippen molar-refractivity contribution in [2.75, 3.05) is 0 Å². The topological polar surface area (TPSA) is 92.2 Å². The van der Waals surface area contributed by atoms with Crippen molar-refractivity contribution in [1.82, 2.24) is 24.9 Å². The fraction of sp³-hybridized carbons (Fsp3) is 0.143. The molecule has 0 saturated heterocycles. The molecule has 0 bridgehead atoms. The molecule has 3 heterocycles. The quantitative estimate of drug-likeness (QED) is 0.738. The summed E-state index contributed by atoms with van der Waals surface area (Å²) in [4.78, 5) is 30.6. The van der Waals surface area contributed by atoms with Gasteiger partial charge < -0.3 is 10.3 Å². The third-order valence-corrected chi connectivity index (χ3v) is 2.98. The molecular weight excluding hydrogens is 270 g/mol. The van der Waals surface area contributed by atoms with E-state index in [4.69, 9.17) is 0 Å². The lowest BCUT2D eigenvalue weighted by Crippen LogP contribution is -2.23. The molecule has 3 rings (SSSR count). The third kappa shape index (κ3) is 2.66. The number of hydrogen-bond donors (Lipinski definition) is 2. The van der Waals surface area contributed by atoms with E-state index in [0.717, 1.165) is 5.69 Å². The van der Waals surface area contributed by atoms with E-state index < -0.39 is 0 Å². The number of carbonyl (C=O) groups is 1. The first-order chi connectivity index (χ1) is 10.1. The summed E-state index contributed by atoms with van der Waals surface area (Å²) >= 11 is 0. The zero-order valence-electron chi connectivity index (χ0n) is 11.3. The molecule has 0 atom stereocenters. The third-order valence-electron chi connectivity index (χ3n) is 2.98. The van der Waals surface area contributed by atoms with Crippen LogP contribution in [0.1, 0.15) is 21.9 Å². The zero-order valence-corrected chi connectivity index (χ0v) is 11.3. The predicted molar refractivity (Wildman–Crippen MR) is 76.0 cm³/mol. The average Bonchev–Trinajstić information content (AvgIpc) is 2.90. The van der Waals surface area contributed by atoms with Crippen molar-refractivity contribution < 1.29 is 4.79 Å². The van der Waals surface area contributed by atoms with Crippen molar-refractivity contribution >= 4 is 11.4 Å². The standard InChI is InChI=1S/C14H13N5O2/c1-9-8-19-12(14(21)17-9)6-11(18-19)13(20)16-7-10-4-2-3-5-15-10/h2-6,8H,7H2,1H3,(H,16,20)(H,17,21). The summed E-state index contributed by atoms with van der Waals surface area (Å²) in [7, 11) is 0. The Morgan fingerprint density at radius 1 is 1.43 bits per heavy atom. The maximum Gasteiger partial charge on any atom is 0.274 e. The summed E-state index contributed by atoms with van der Waals surface area (Å²) in [6.45, 7) is 2.06. The number of H-pyrrole nitrogens is 1.